The van der Waals surface area contributed by atoms with Crippen molar-refractivity contribution in [2.45, 2.75) is 10.9 Å². The molecule has 0 radical (unpaired) electrons. The Kier molecular flexibility index (Phi) is 5.93. The summed E-state index contributed by atoms with van der Waals surface area (Å²) >= 11 is 5.97. The molecular formula is C19H20ClN3O4S. The van der Waals surface area contributed by atoms with Gasteiger partial charge in [-0.15, -0.1) is 0 Å². The summed E-state index contributed by atoms with van der Waals surface area (Å²) in [5, 5.41) is 0.333. The molecule has 0 saturated carbocycles. The maximum atomic E-state index is 13.0. The van der Waals surface area contributed by atoms with Crippen LogP contribution in [-0.2, 0) is 17.1 Å². The van der Waals surface area contributed by atoms with E-state index >= 15 is 0 Å². The summed E-state index contributed by atoms with van der Waals surface area (Å²) in [7, 11) is 0.975. The number of sulfonamides is 1. The number of nitrogens with zero attached hydrogens (tertiary/aromatic N) is 2. The van der Waals surface area contributed by atoms with Crippen LogP contribution in [0.25, 0.3) is 0 Å². The lowest BCUT2D eigenvalue weighted by molar-refractivity contribution is 0.392. The molecule has 9 heteroatoms. The van der Waals surface area contributed by atoms with E-state index in [0.29, 0.717) is 27.9 Å². The molecule has 1 unspecified atom stereocenters. The molecule has 0 spiro atoms. The fourth-order valence-corrected chi connectivity index (χ4v) is 4.26. The average molecular weight is 422 g/mol. The predicted molar refractivity (Wildman–Crippen MR) is 106 cm³/mol. The molecule has 1 aromatic heterocycles. The molecule has 0 bridgehead atoms. The van der Waals surface area contributed by atoms with E-state index in [-0.39, 0.29) is 4.90 Å². The molecule has 148 valence electrons. The molecule has 0 fully saturated rings. The van der Waals surface area contributed by atoms with Crippen LogP contribution in [0, 0.1) is 0 Å². The highest BCUT2D eigenvalue weighted by Crippen LogP contribution is 2.30. The lowest BCUT2D eigenvalue weighted by atomic mass is 10.1. The third-order valence-electron chi connectivity index (χ3n) is 4.20. The molecule has 1 atom stereocenters. The zero-order chi connectivity index (χ0) is 20.3. The summed E-state index contributed by atoms with van der Waals surface area (Å²) < 4.78 is 41.1. The van der Waals surface area contributed by atoms with E-state index in [1.54, 1.807) is 54.3 Å². The van der Waals surface area contributed by atoms with Gasteiger partial charge in [-0.3, -0.25) is 0 Å². The highest BCUT2D eigenvalue weighted by molar-refractivity contribution is 7.89. The van der Waals surface area contributed by atoms with Crippen molar-refractivity contribution in [2.24, 2.45) is 7.05 Å². The zero-order valence-corrected chi connectivity index (χ0v) is 17.2. The fourth-order valence-electron chi connectivity index (χ4n) is 2.78. The molecule has 0 saturated heterocycles. The number of nitrogens with one attached hydrogen (secondary N) is 1. The smallest absolute Gasteiger partial charge is 0.241 e. The first-order valence-electron chi connectivity index (χ1n) is 8.32. The molecule has 3 aromatic rings. The first-order chi connectivity index (χ1) is 13.3. The molecule has 0 aliphatic heterocycles. The third-order valence-corrected chi connectivity index (χ3v) is 5.86. The Bertz CT molecular complexity index is 1060. The van der Waals surface area contributed by atoms with Gasteiger partial charge >= 0.3 is 0 Å². The summed E-state index contributed by atoms with van der Waals surface area (Å²) in [4.78, 5) is 4.39. The second kappa shape index (κ2) is 8.22. The minimum absolute atomic E-state index is 0.0640. The molecular weight excluding hydrogens is 402 g/mol. The van der Waals surface area contributed by atoms with E-state index < -0.39 is 16.1 Å². The molecule has 3 rings (SSSR count). The van der Waals surface area contributed by atoms with Gasteiger partial charge in [-0.1, -0.05) is 17.7 Å². The number of imidazole rings is 1. The molecule has 2 aromatic carbocycles. The lowest BCUT2D eigenvalue weighted by Crippen LogP contribution is -2.31. The Hall–Kier alpha value is -2.55. The van der Waals surface area contributed by atoms with Gasteiger partial charge in [-0.25, -0.2) is 13.4 Å². The van der Waals surface area contributed by atoms with Crippen LogP contribution in [-0.4, -0.2) is 32.2 Å². The zero-order valence-electron chi connectivity index (χ0n) is 15.6. The van der Waals surface area contributed by atoms with Crippen molar-refractivity contribution < 1.29 is 17.9 Å². The molecule has 0 amide bonds. The highest BCUT2D eigenvalue weighted by Gasteiger charge is 2.27. The van der Waals surface area contributed by atoms with Crippen LogP contribution >= 0.6 is 11.6 Å². The quantitative estimate of drug-likeness (QED) is 0.633. The maximum Gasteiger partial charge on any atom is 0.241 e. The number of benzene rings is 2. The normalized spacial score (nSPS) is 12.6. The number of aryl methyl sites for hydroxylation is 1. The number of aromatic nitrogens is 2. The van der Waals surface area contributed by atoms with Crippen LogP contribution in [0.15, 0.2) is 59.8 Å². The summed E-state index contributed by atoms with van der Waals surface area (Å²) in [5.74, 6) is 1.59. The van der Waals surface area contributed by atoms with Crippen molar-refractivity contribution in [3.8, 4) is 11.5 Å². The summed E-state index contributed by atoms with van der Waals surface area (Å²) in [6, 6.07) is 10.5. The van der Waals surface area contributed by atoms with Gasteiger partial charge in [0.1, 0.15) is 23.4 Å². The van der Waals surface area contributed by atoms with Gasteiger partial charge in [0, 0.05) is 30.5 Å². The highest BCUT2D eigenvalue weighted by atomic mass is 35.5. The van der Waals surface area contributed by atoms with Gasteiger partial charge in [0.15, 0.2) is 0 Å². The number of ether oxygens (including phenoxy) is 2. The van der Waals surface area contributed by atoms with Crippen LogP contribution in [0.2, 0.25) is 5.02 Å². The fraction of sp³-hybridized carbons (Fsp3) is 0.211. The third kappa shape index (κ3) is 4.30. The average Bonchev–Trinajstić information content (AvgIpc) is 3.11. The van der Waals surface area contributed by atoms with Gasteiger partial charge in [-0.05, 0) is 35.9 Å². The summed E-state index contributed by atoms with van der Waals surface area (Å²) in [5.41, 5.74) is 0.621. The van der Waals surface area contributed by atoms with E-state index in [4.69, 9.17) is 21.1 Å². The van der Waals surface area contributed by atoms with Gasteiger partial charge in [0.2, 0.25) is 10.0 Å². The van der Waals surface area contributed by atoms with Crippen molar-refractivity contribution in [1.29, 1.82) is 0 Å². The lowest BCUT2D eigenvalue weighted by Gasteiger charge is -2.20. The Balaban J connectivity index is 2.10. The SMILES string of the molecule is COc1cc(OC)cc(C(NS(=O)(=O)c2cccc(Cl)c2)c2nccn2C)c1. The Morgan fingerprint density at radius 3 is 2.32 bits per heavy atom. The van der Waals surface area contributed by atoms with Crippen molar-refractivity contribution in [3.05, 3.63) is 71.3 Å². The summed E-state index contributed by atoms with van der Waals surface area (Å²) in [6.45, 7) is 0. The molecule has 0 aliphatic rings. The van der Waals surface area contributed by atoms with E-state index in [1.807, 2.05) is 0 Å². The molecule has 28 heavy (non-hydrogen) atoms. The predicted octanol–water partition coefficient (Wildman–Crippen LogP) is 3.16. The Labute approximate surface area is 168 Å². The largest absolute Gasteiger partial charge is 0.497 e. The Morgan fingerprint density at radius 2 is 1.79 bits per heavy atom. The minimum Gasteiger partial charge on any atom is -0.497 e. The van der Waals surface area contributed by atoms with E-state index in [0.717, 1.165) is 0 Å². The van der Waals surface area contributed by atoms with Crippen molar-refractivity contribution in [1.82, 2.24) is 14.3 Å². The van der Waals surface area contributed by atoms with E-state index in [1.165, 1.54) is 26.4 Å². The monoisotopic (exact) mass is 421 g/mol. The number of rotatable bonds is 7. The molecule has 7 nitrogen and oxygen atoms in total. The number of methoxy groups -OCH3 is 2. The van der Waals surface area contributed by atoms with Gasteiger partial charge in [0.25, 0.3) is 0 Å². The first kappa shape index (κ1) is 20.2. The maximum absolute atomic E-state index is 13.0. The number of hydrogen-bond acceptors (Lipinski definition) is 5. The van der Waals surface area contributed by atoms with Crippen molar-refractivity contribution in [2.75, 3.05) is 14.2 Å². The van der Waals surface area contributed by atoms with Crippen LogP contribution in [0.4, 0.5) is 0 Å². The van der Waals surface area contributed by atoms with E-state index in [9.17, 15) is 8.42 Å². The van der Waals surface area contributed by atoms with Crippen LogP contribution in [0.3, 0.4) is 0 Å². The van der Waals surface area contributed by atoms with Crippen LogP contribution in [0.5, 0.6) is 11.5 Å². The Morgan fingerprint density at radius 1 is 1.11 bits per heavy atom. The second-order valence-corrected chi connectivity index (χ2v) is 8.20. The molecule has 1 heterocycles. The second-order valence-electron chi connectivity index (χ2n) is 6.05. The summed E-state index contributed by atoms with van der Waals surface area (Å²) in [6.07, 6.45) is 3.35. The van der Waals surface area contributed by atoms with Crippen molar-refractivity contribution in [3.63, 3.8) is 0 Å². The van der Waals surface area contributed by atoms with Gasteiger partial charge < -0.3 is 14.0 Å². The van der Waals surface area contributed by atoms with Gasteiger partial charge in [-0.2, -0.15) is 4.72 Å². The van der Waals surface area contributed by atoms with Gasteiger partial charge in [0.05, 0.1) is 19.1 Å². The van der Waals surface area contributed by atoms with Crippen LogP contribution in [0.1, 0.15) is 17.4 Å². The topological polar surface area (TPSA) is 82.4 Å². The number of hydrogen-bond donors (Lipinski definition) is 1. The molecule has 0 aliphatic carbocycles. The first-order valence-corrected chi connectivity index (χ1v) is 10.2. The molecule has 1 N–H and O–H groups in total. The number of halogens is 1. The standard InChI is InChI=1S/C19H20ClN3O4S/c1-23-8-7-21-19(23)18(13-9-15(26-2)12-16(10-13)27-3)22-28(24,25)17-6-4-5-14(20)11-17/h4-12,18,22H,1-3H3. The van der Waals surface area contributed by atoms with Crippen molar-refractivity contribution >= 4 is 21.6 Å². The van der Waals surface area contributed by atoms with E-state index in [2.05, 4.69) is 9.71 Å². The van der Waals surface area contributed by atoms with Crippen LogP contribution < -0.4 is 14.2 Å². The minimum atomic E-state index is -3.88.